The summed E-state index contributed by atoms with van der Waals surface area (Å²) in [5.74, 6) is -0.409. The van der Waals surface area contributed by atoms with Crippen molar-refractivity contribution in [2.75, 3.05) is 6.61 Å². The molecule has 2 aromatic heterocycles. The molecule has 4 fully saturated rings. The number of hydrogen-bond donors (Lipinski definition) is 1. The molecule has 2 aromatic rings. The Balaban J connectivity index is 1.27. The van der Waals surface area contributed by atoms with Crippen LogP contribution in [0, 0.1) is 34.5 Å². The van der Waals surface area contributed by atoms with E-state index in [9.17, 15) is 19.5 Å². The fourth-order valence-corrected chi connectivity index (χ4v) is 8.99. The van der Waals surface area contributed by atoms with Gasteiger partial charge >= 0.3 is 17.6 Å². The van der Waals surface area contributed by atoms with Gasteiger partial charge in [0.2, 0.25) is 0 Å². The van der Waals surface area contributed by atoms with Gasteiger partial charge in [0.05, 0.1) is 23.5 Å². The van der Waals surface area contributed by atoms with Crippen molar-refractivity contribution in [2.24, 2.45) is 34.5 Å². The molecule has 230 valence electrons. The van der Waals surface area contributed by atoms with Crippen LogP contribution in [0.15, 0.2) is 39.8 Å². The Kier molecular flexibility index (Phi) is 6.58. The summed E-state index contributed by atoms with van der Waals surface area (Å²) >= 11 is 0. The van der Waals surface area contributed by atoms with E-state index in [-0.39, 0.29) is 48.1 Å². The van der Waals surface area contributed by atoms with E-state index >= 15 is 0 Å². The zero-order valence-corrected chi connectivity index (χ0v) is 25.3. The highest BCUT2D eigenvalue weighted by molar-refractivity contribution is 5.75. The van der Waals surface area contributed by atoms with Crippen LogP contribution in [-0.2, 0) is 19.1 Å². The third kappa shape index (κ3) is 4.52. The van der Waals surface area contributed by atoms with Crippen molar-refractivity contribution in [1.82, 2.24) is 4.98 Å². The van der Waals surface area contributed by atoms with Crippen LogP contribution in [-0.4, -0.2) is 46.4 Å². The minimum absolute atomic E-state index is 0.0501. The molecule has 1 N–H and O–H groups in total. The van der Waals surface area contributed by atoms with Gasteiger partial charge in [-0.15, -0.1) is 0 Å². The number of aliphatic hydroxyl groups excluding tert-OH is 1. The van der Waals surface area contributed by atoms with Crippen molar-refractivity contribution in [3.05, 3.63) is 46.6 Å². The van der Waals surface area contributed by atoms with Gasteiger partial charge in [0.25, 0.3) is 0 Å². The summed E-state index contributed by atoms with van der Waals surface area (Å²) in [6, 6.07) is 5.34. The smallest absolute Gasteiger partial charge is 0.343 e. The molecule has 1 aliphatic heterocycles. The Morgan fingerprint density at radius 3 is 2.49 bits per heavy atom. The van der Waals surface area contributed by atoms with Crippen molar-refractivity contribution in [3.8, 4) is 17.1 Å². The minimum atomic E-state index is -0.985. The van der Waals surface area contributed by atoms with Gasteiger partial charge in [0.15, 0.2) is 0 Å². The summed E-state index contributed by atoms with van der Waals surface area (Å²) in [6.07, 6.45) is 7.04. The number of esters is 2. The normalized spacial score (nSPS) is 38.1. The molecule has 9 nitrogen and oxygen atoms in total. The van der Waals surface area contributed by atoms with E-state index in [4.69, 9.17) is 18.6 Å². The largest absolute Gasteiger partial charge is 0.484 e. The van der Waals surface area contributed by atoms with Crippen molar-refractivity contribution < 1.29 is 33.3 Å². The van der Waals surface area contributed by atoms with Crippen LogP contribution in [0.1, 0.15) is 84.1 Å². The highest BCUT2D eigenvalue weighted by Crippen LogP contribution is 2.67. The number of aromatic nitrogens is 1. The van der Waals surface area contributed by atoms with Crippen molar-refractivity contribution >= 4 is 11.9 Å². The number of carbonyl (C=O) groups excluding carboxylic acids is 2. The average molecular weight is 592 g/mol. The molecule has 1 unspecified atom stereocenters. The van der Waals surface area contributed by atoms with E-state index in [0.717, 1.165) is 25.7 Å². The number of fused-ring (bicyclic) bond motifs is 4. The Morgan fingerprint density at radius 1 is 1.09 bits per heavy atom. The van der Waals surface area contributed by atoms with Crippen molar-refractivity contribution in [3.63, 3.8) is 0 Å². The molecule has 0 radical (unpaired) electrons. The fourth-order valence-electron chi connectivity index (χ4n) is 8.99. The molecule has 0 bridgehead atoms. The molecule has 43 heavy (non-hydrogen) atoms. The lowest BCUT2D eigenvalue weighted by Gasteiger charge is -2.66. The van der Waals surface area contributed by atoms with Gasteiger partial charge in [-0.05, 0) is 81.3 Å². The van der Waals surface area contributed by atoms with Crippen LogP contribution in [0.3, 0.4) is 0 Å². The van der Waals surface area contributed by atoms with Crippen LogP contribution in [0.4, 0.5) is 0 Å². The summed E-state index contributed by atoms with van der Waals surface area (Å²) in [5, 5.41) is 11.9. The average Bonchev–Trinajstić information content (AvgIpc) is 3.88. The van der Waals surface area contributed by atoms with Crippen LogP contribution < -0.4 is 10.4 Å². The predicted octanol–water partition coefficient (Wildman–Crippen LogP) is 5.03. The zero-order valence-electron chi connectivity index (χ0n) is 25.3. The number of aliphatic hydroxyl groups is 1. The molecule has 8 atom stereocenters. The highest BCUT2D eigenvalue weighted by Gasteiger charge is 2.69. The highest BCUT2D eigenvalue weighted by atomic mass is 16.6. The second kappa shape index (κ2) is 9.91. The Hall–Kier alpha value is -3.20. The van der Waals surface area contributed by atoms with E-state index < -0.39 is 34.3 Å². The lowest BCUT2D eigenvalue weighted by atomic mass is 9.41. The predicted molar refractivity (Wildman–Crippen MR) is 155 cm³/mol. The maximum absolute atomic E-state index is 13.6. The monoisotopic (exact) mass is 591 g/mol. The number of nitrogens with zero attached hydrogens (tertiary/aromatic N) is 1. The Labute approximate surface area is 251 Å². The second-order valence-electron chi connectivity index (χ2n) is 14.4. The third-order valence-corrected chi connectivity index (χ3v) is 11.5. The minimum Gasteiger partial charge on any atom is -0.484 e. The van der Waals surface area contributed by atoms with Crippen LogP contribution in [0.25, 0.3) is 11.3 Å². The molecule has 3 heterocycles. The fraction of sp³-hybridized carbons (Fsp3) is 0.647. The van der Waals surface area contributed by atoms with Gasteiger partial charge in [0.1, 0.15) is 29.8 Å². The van der Waals surface area contributed by atoms with Gasteiger partial charge in [0, 0.05) is 35.4 Å². The first kappa shape index (κ1) is 28.6. The summed E-state index contributed by atoms with van der Waals surface area (Å²) < 4.78 is 24.6. The van der Waals surface area contributed by atoms with Gasteiger partial charge in [-0.3, -0.25) is 14.6 Å². The lowest BCUT2D eigenvalue weighted by molar-refractivity contribution is -0.252. The zero-order chi connectivity index (χ0) is 30.3. The number of hydrogen-bond acceptors (Lipinski definition) is 9. The molecular formula is C34H41NO8. The molecule has 0 saturated heterocycles. The first-order valence-electron chi connectivity index (χ1n) is 15.8. The molecular weight excluding hydrogens is 550 g/mol. The Bertz CT molecular complexity index is 1500. The van der Waals surface area contributed by atoms with E-state index in [0.29, 0.717) is 41.9 Å². The summed E-state index contributed by atoms with van der Waals surface area (Å²) in [4.78, 5) is 43.4. The van der Waals surface area contributed by atoms with Gasteiger partial charge < -0.3 is 23.7 Å². The van der Waals surface area contributed by atoms with E-state index in [2.05, 4.69) is 11.9 Å². The molecule has 9 heteroatoms. The van der Waals surface area contributed by atoms with E-state index in [1.807, 2.05) is 26.8 Å². The topological polar surface area (TPSA) is 125 Å². The molecule has 4 aliphatic carbocycles. The quantitative estimate of drug-likeness (QED) is 0.460. The lowest BCUT2D eigenvalue weighted by Crippen LogP contribution is -2.70. The van der Waals surface area contributed by atoms with Gasteiger partial charge in [-0.25, -0.2) is 4.79 Å². The van der Waals surface area contributed by atoms with E-state index in [1.165, 1.54) is 0 Å². The summed E-state index contributed by atoms with van der Waals surface area (Å²) in [7, 11) is 0. The third-order valence-electron chi connectivity index (χ3n) is 11.5. The molecule has 7 rings (SSSR count). The van der Waals surface area contributed by atoms with Gasteiger partial charge in [-0.2, -0.15) is 0 Å². The van der Waals surface area contributed by atoms with Gasteiger partial charge in [-0.1, -0.05) is 20.8 Å². The molecule has 0 spiro atoms. The van der Waals surface area contributed by atoms with Crippen LogP contribution in [0.5, 0.6) is 5.75 Å². The van der Waals surface area contributed by atoms with Crippen LogP contribution >= 0.6 is 0 Å². The SMILES string of the molecule is C[C@H]1c2c(cc(-c3cccnc3)oc2=O)O[C@@]2(C)[C@H]1[C@@]1(C)CC[C@H](OC(=O)C3CC3)C(C)(COC(=O)C3CC3)[C@@H]1C[C@@H]2O. The van der Waals surface area contributed by atoms with E-state index in [1.54, 1.807) is 24.5 Å². The molecule has 0 aromatic carbocycles. The molecule has 0 amide bonds. The number of rotatable bonds is 6. The summed E-state index contributed by atoms with van der Waals surface area (Å²) in [6.45, 7) is 8.35. The Morgan fingerprint density at radius 2 is 1.81 bits per heavy atom. The number of ether oxygens (including phenoxy) is 3. The number of carbonyl (C=O) groups is 2. The standard InChI is InChI=1S/C34H41NO8/c1-18-27-23(14-22(41-31(27)39)21-6-5-13-35-16-21)43-34(4)25(36)15-24-32(2,28(18)34)12-11-26(42-30(38)20-9-10-20)33(24,3)17-40-29(37)19-7-8-19/h5-6,13-14,16,18-20,24-26,28,36H,7-12,15,17H2,1-4H3/t18-,24+,25-,26-,28+,32-,33?,34+/m0/s1. The second-order valence-corrected chi connectivity index (χ2v) is 14.4. The van der Waals surface area contributed by atoms with Crippen molar-refractivity contribution in [1.29, 1.82) is 0 Å². The maximum atomic E-state index is 13.6. The molecule has 4 saturated carbocycles. The first-order valence-corrected chi connectivity index (χ1v) is 15.8. The van der Waals surface area contributed by atoms with Crippen LogP contribution in [0.2, 0.25) is 0 Å². The molecule has 5 aliphatic rings. The summed E-state index contributed by atoms with van der Waals surface area (Å²) in [5.41, 5.74) is -1.46. The number of pyridine rings is 1. The maximum Gasteiger partial charge on any atom is 0.343 e. The van der Waals surface area contributed by atoms with Crippen molar-refractivity contribution in [2.45, 2.75) is 96.4 Å². The first-order chi connectivity index (χ1) is 20.5.